The largest absolute Gasteiger partial charge is 0.378 e. The molecule has 1 atom stereocenters. The maximum absolute atomic E-state index is 13.1. The first-order chi connectivity index (χ1) is 12.0. The Morgan fingerprint density at radius 1 is 1.20 bits per heavy atom. The van der Waals surface area contributed by atoms with Crippen LogP contribution in [0.25, 0.3) is 11.0 Å². The molecule has 0 aliphatic heterocycles. The molecule has 5 nitrogen and oxygen atoms in total. The van der Waals surface area contributed by atoms with Gasteiger partial charge in [-0.05, 0) is 42.3 Å². The molecular weight excluding hydrogens is 328 g/mol. The van der Waals surface area contributed by atoms with Gasteiger partial charge in [0, 0.05) is 13.0 Å². The second-order valence-electron chi connectivity index (χ2n) is 5.70. The van der Waals surface area contributed by atoms with Crippen molar-refractivity contribution in [1.29, 1.82) is 0 Å². The van der Waals surface area contributed by atoms with E-state index >= 15 is 0 Å². The van der Waals surface area contributed by atoms with Gasteiger partial charge in [-0.15, -0.1) is 0 Å². The van der Waals surface area contributed by atoms with E-state index in [1.54, 1.807) is 6.07 Å². The molecule has 2 aromatic carbocycles. The lowest BCUT2D eigenvalue weighted by Gasteiger charge is -2.11. The van der Waals surface area contributed by atoms with Crippen LogP contribution in [0.3, 0.4) is 0 Å². The number of amides is 1. The Bertz CT molecular complexity index is 895. The summed E-state index contributed by atoms with van der Waals surface area (Å²) >= 11 is 0. The Morgan fingerprint density at radius 2 is 2.00 bits per heavy atom. The van der Waals surface area contributed by atoms with E-state index in [-0.39, 0.29) is 11.4 Å². The fourth-order valence-electron chi connectivity index (χ4n) is 2.55. The zero-order chi connectivity index (χ0) is 17.8. The molecule has 3 N–H and O–H groups in total. The summed E-state index contributed by atoms with van der Waals surface area (Å²) in [5, 5.41) is 12.5. The van der Waals surface area contributed by atoms with E-state index in [2.05, 4.69) is 15.3 Å². The summed E-state index contributed by atoms with van der Waals surface area (Å²) < 4.78 is 26.3. The number of nitrogens with zero attached hydrogens (tertiary/aromatic N) is 1. The van der Waals surface area contributed by atoms with Crippen molar-refractivity contribution in [2.45, 2.75) is 18.9 Å². The van der Waals surface area contributed by atoms with Crippen molar-refractivity contribution in [1.82, 2.24) is 15.3 Å². The second kappa shape index (κ2) is 7.40. The SMILES string of the molecule is O=C(NCCCc1nc2ccc(F)cc2[nH]1)C(O)c1cccc(F)c1. The van der Waals surface area contributed by atoms with Crippen molar-refractivity contribution in [2.75, 3.05) is 6.54 Å². The number of fused-ring (bicyclic) bond motifs is 1. The highest BCUT2D eigenvalue weighted by Crippen LogP contribution is 2.15. The number of benzene rings is 2. The van der Waals surface area contributed by atoms with Gasteiger partial charge in [0.05, 0.1) is 11.0 Å². The molecule has 130 valence electrons. The number of imidazole rings is 1. The van der Waals surface area contributed by atoms with Crippen molar-refractivity contribution in [2.24, 2.45) is 0 Å². The molecule has 0 aliphatic carbocycles. The number of aryl methyl sites for hydroxylation is 1. The molecule has 0 spiro atoms. The molecule has 0 fully saturated rings. The number of carbonyl (C=O) groups excluding carboxylic acids is 1. The summed E-state index contributed by atoms with van der Waals surface area (Å²) in [7, 11) is 0. The van der Waals surface area contributed by atoms with Crippen LogP contribution in [0.2, 0.25) is 0 Å². The number of rotatable bonds is 6. The second-order valence-corrected chi connectivity index (χ2v) is 5.70. The summed E-state index contributed by atoms with van der Waals surface area (Å²) in [4.78, 5) is 19.3. The van der Waals surface area contributed by atoms with Crippen LogP contribution in [0.15, 0.2) is 42.5 Å². The number of aliphatic hydroxyl groups is 1. The van der Waals surface area contributed by atoms with Crippen LogP contribution in [-0.4, -0.2) is 27.5 Å². The lowest BCUT2D eigenvalue weighted by Crippen LogP contribution is -2.30. The number of hydrogen-bond donors (Lipinski definition) is 3. The molecule has 3 aromatic rings. The third-order valence-electron chi connectivity index (χ3n) is 3.80. The quantitative estimate of drug-likeness (QED) is 0.601. The van der Waals surface area contributed by atoms with Crippen LogP contribution in [0, 0.1) is 11.6 Å². The number of aromatic amines is 1. The van der Waals surface area contributed by atoms with Crippen molar-refractivity contribution >= 4 is 16.9 Å². The number of carbonyl (C=O) groups is 1. The third kappa shape index (κ3) is 4.19. The van der Waals surface area contributed by atoms with E-state index < -0.39 is 17.8 Å². The summed E-state index contributed by atoms with van der Waals surface area (Å²) in [5.41, 5.74) is 1.51. The van der Waals surface area contributed by atoms with Crippen LogP contribution < -0.4 is 5.32 Å². The molecule has 1 heterocycles. The minimum absolute atomic E-state index is 0.205. The van der Waals surface area contributed by atoms with Crippen LogP contribution >= 0.6 is 0 Å². The molecule has 7 heteroatoms. The number of H-pyrrole nitrogens is 1. The molecule has 0 aliphatic rings. The molecule has 3 rings (SSSR count). The Kier molecular flexibility index (Phi) is 5.04. The van der Waals surface area contributed by atoms with Crippen molar-refractivity contribution in [3.8, 4) is 0 Å². The Hall–Kier alpha value is -2.80. The van der Waals surface area contributed by atoms with Crippen molar-refractivity contribution < 1.29 is 18.7 Å². The number of aliphatic hydroxyl groups excluding tert-OH is 1. The van der Waals surface area contributed by atoms with Gasteiger partial charge in [-0.3, -0.25) is 4.79 Å². The lowest BCUT2D eigenvalue weighted by molar-refractivity contribution is -0.129. The highest BCUT2D eigenvalue weighted by atomic mass is 19.1. The summed E-state index contributed by atoms with van der Waals surface area (Å²) in [6.07, 6.45) is -0.263. The summed E-state index contributed by atoms with van der Waals surface area (Å²) in [6, 6.07) is 9.61. The molecule has 1 aromatic heterocycles. The number of nitrogens with one attached hydrogen (secondary N) is 2. The highest BCUT2D eigenvalue weighted by Gasteiger charge is 2.17. The monoisotopic (exact) mass is 345 g/mol. The number of halogens is 2. The van der Waals surface area contributed by atoms with E-state index in [0.29, 0.717) is 36.2 Å². The van der Waals surface area contributed by atoms with Crippen molar-refractivity contribution in [3.63, 3.8) is 0 Å². The smallest absolute Gasteiger partial charge is 0.253 e. The molecule has 1 unspecified atom stereocenters. The summed E-state index contributed by atoms with van der Waals surface area (Å²) in [5.74, 6) is -0.732. The maximum atomic E-state index is 13.1. The molecular formula is C18H17F2N3O2. The average Bonchev–Trinajstić information content (AvgIpc) is 2.99. The third-order valence-corrected chi connectivity index (χ3v) is 3.80. The maximum Gasteiger partial charge on any atom is 0.253 e. The van der Waals surface area contributed by atoms with Crippen molar-refractivity contribution in [3.05, 3.63) is 65.5 Å². The van der Waals surface area contributed by atoms with Gasteiger partial charge in [-0.1, -0.05) is 12.1 Å². The van der Waals surface area contributed by atoms with E-state index in [1.165, 1.54) is 30.3 Å². The van der Waals surface area contributed by atoms with Gasteiger partial charge in [0.15, 0.2) is 6.10 Å². The highest BCUT2D eigenvalue weighted by molar-refractivity contribution is 5.81. The van der Waals surface area contributed by atoms with Gasteiger partial charge < -0.3 is 15.4 Å². The Balaban J connectivity index is 1.49. The molecule has 1 amide bonds. The Morgan fingerprint density at radius 3 is 2.80 bits per heavy atom. The van der Waals surface area contributed by atoms with Crippen LogP contribution in [-0.2, 0) is 11.2 Å². The fourth-order valence-corrected chi connectivity index (χ4v) is 2.55. The minimum Gasteiger partial charge on any atom is -0.378 e. The fraction of sp³-hybridized carbons (Fsp3) is 0.222. The molecule has 0 saturated heterocycles. The zero-order valence-corrected chi connectivity index (χ0v) is 13.3. The number of aromatic nitrogens is 2. The first kappa shape index (κ1) is 17.0. The van der Waals surface area contributed by atoms with E-state index in [0.717, 1.165) is 6.07 Å². The molecule has 0 saturated carbocycles. The lowest BCUT2D eigenvalue weighted by atomic mass is 10.1. The van der Waals surface area contributed by atoms with Gasteiger partial charge in [-0.25, -0.2) is 13.8 Å². The van der Waals surface area contributed by atoms with Gasteiger partial charge in [0.25, 0.3) is 5.91 Å². The van der Waals surface area contributed by atoms with E-state index in [9.17, 15) is 18.7 Å². The Labute approximate surface area is 142 Å². The first-order valence-corrected chi connectivity index (χ1v) is 7.88. The van der Waals surface area contributed by atoms with Crippen LogP contribution in [0.4, 0.5) is 8.78 Å². The van der Waals surface area contributed by atoms with E-state index in [1.807, 2.05) is 0 Å². The predicted octanol–water partition coefficient (Wildman–Crippen LogP) is 2.62. The minimum atomic E-state index is -1.41. The number of hydrogen-bond acceptors (Lipinski definition) is 3. The van der Waals surface area contributed by atoms with Crippen LogP contribution in [0.1, 0.15) is 23.9 Å². The average molecular weight is 345 g/mol. The predicted molar refractivity (Wildman–Crippen MR) is 88.7 cm³/mol. The first-order valence-electron chi connectivity index (χ1n) is 7.88. The van der Waals surface area contributed by atoms with Gasteiger partial charge in [0.2, 0.25) is 0 Å². The standard InChI is InChI=1S/C18H17F2N3O2/c19-12-4-1-3-11(9-12)17(24)18(25)21-8-2-5-16-22-14-7-6-13(20)10-15(14)23-16/h1,3-4,6-7,9-10,17,24H,2,5,8H2,(H,21,25)(H,22,23). The molecule has 25 heavy (non-hydrogen) atoms. The molecule has 0 bridgehead atoms. The summed E-state index contributed by atoms with van der Waals surface area (Å²) in [6.45, 7) is 0.330. The topological polar surface area (TPSA) is 78.0 Å². The van der Waals surface area contributed by atoms with Gasteiger partial charge >= 0.3 is 0 Å². The van der Waals surface area contributed by atoms with E-state index in [4.69, 9.17) is 0 Å². The normalized spacial score (nSPS) is 12.3. The molecule has 0 radical (unpaired) electrons. The van der Waals surface area contributed by atoms with Crippen LogP contribution in [0.5, 0.6) is 0 Å². The zero-order valence-electron chi connectivity index (χ0n) is 13.3. The van der Waals surface area contributed by atoms with Gasteiger partial charge in [0.1, 0.15) is 17.5 Å². The van der Waals surface area contributed by atoms with Gasteiger partial charge in [-0.2, -0.15) is 0 Å².